The summed E-state index contributed by atoms with van der Waals surface area (Å²) in [6.45, 7) is 2.07. The highest BCUT2D eigenvalue weighted by molar-refractivity contribution is 5.41. The first-order chi connectivity index (χ1) is 10.1. The molecule has 1 heterocycles. The van der Waals surface area contributed by atoms with Crippen molar-refractivity contribution in [1.29, 1.82) is 0 Å². The van der Waals surface area contributed by atoms with E-state index in [1.54, 1.807) is 12.1 Å². The van der Waals surface area contributed by atoms with Crippen LogP contribution in [0.1, 0.15) is 35.1 Å². The second kappa shape index (κ2) is 5.45. The Bertz CT molecular complexity index is 672. The lowest BCUT2D eigenvalue weighted by molar-refractivity contribution is 0.254. The summed E-state index contributed by atoms with van der Waals surface area (Å²) in [5.74, 6) is -0.960. The molecule has 2 atom stereocenters. The molecule has 1 aliphatic rings. The predicted octanol–water partition coefficient (Wildman–Crippen LogP) is 3.84. The molecule has 0 spiro atoms. The van der Waals surface area contributed by atoms with Gasteiger partial charge in [-0.1, -0.05) is 30.3 Å². The summed E-state index contributed by atoms with van der Waals surface area (Å²) in [5.41, 5.74) is 7.71. The fourth-order valence-electron chi connectivity index (χ4n) is 2.88. The van der Waals surface area contributed by atoms with Gasteiger partial charge in [0, 0.05) is 17.5 Å². The van der Waals surface area contributed by atoms with Gasteiger partial charge in [-0.3, -0.25) is 0 Å². The van der Waals surface area contributed by atoms with Crippen molar-refractivity contribution in [2.75, 3.05) is 6.61 Å². The molecule has 0 saturated heterocycles. The minimum absolute atomic E-state index is 0.0773. The van der Waals surface area contributed by atoms with Crippen LogP contribution in [0.15, 0.2) is 36.4 Å². The van der Waals surface area contributed by atoms with Gasteiger partial charge in [-0.25, -0.2) is 8.78 Å². The highest BCUT2D eigenvalue weighted by Crippen LogP contribution is 2.41. The lowest BCUT2D eigenvalue weighted by Gasteiger charge is -2.30. The molecular formula is C17H17F2NO. The van der Waals surface area contributed by atoms with Crippen LogP contribution < -0.4 is 10.5 Å². The third-order valence-corrected chi connectivity index (χ3v) is 4.10. The van der Waals surface area contributed by atoms with Gasteiger partial charge in [0.2, 0.25) is 0 Å². The van der Waals surface area contributed by atoms with Crippen LogP contribution >= 0.6 is 0 Å². The van der Waals surface area contributed by atoms with Crippen LogP contribution in [0, 0.1) is 18.6 Å². The maximum absolute atomic E-state index is 14.2. The topological polar surface area (TPSA) is 35.2 Å². The first kappa shape index (κ1) is 14.0. The maximum atomic E-state index is 14.2. The molecule has 2 N–H and O–H groups in total. The molecule has 2 aromatic carbocycles. The van der Waals surface area contributed by atoms with E-state index in [0.717, 1.165) is 11.3 Å². The molecule has 0 aliphatic carbocycles. The summed E-state index contributed by atoms with van der Waals surface area (Å²) in [5, 5.41) is 0. The lowest BCUT2D eigenvalue weighted by atomic mass is 9.83. The monoisotopic (exact) mass is 289 g/mol. The van der Waals surface area contributed by atoms with Crippen LogP contribution in [0.3, 0.4) is 0 Å². The smallest absolute Gasteiger partial charge is 0.163 e. The van der Waals surface area contributed by atoms with E-state index in [4.69, 9.17) is 10.5 Å². The highest BCUT2D eigenvalue weighted by Gasteiger charge is 2.30. The molecule has 0 bridgehead atoms. The van der Waals surface area contributed by atoms with Crippen molar-refractivity contribution in [3.05, 3.63) is 64.7 Å². The second-order valence-corrected chi connectivity index (χ2v) is 5.41. The second-order valence-electron chi connectivity index (χ2n) is 5.41. The van der Waals surface area contributed by atoms with Gasteiger partial charge < -0.3 is 10.5 Å². The van der Waals surface area contributed by atoms with Gasteiger partial charge in [0.15, 0.2) is 11.6 Å². The number of para-hydroxylation sites is 1. The Kier molecular flexibility index (Phi) is 3.64. The van der Waals surface area contributed by atoms with E-state index in [9.17, 15) is 8.78 Å². The molecule has 1 aliphatic heterocycles. The number of aryl methyl sites for hydroxylation is 1. The van der Waals surface area contributed by atoms with Crippen LogP contribution in [0.4, 0.5) is 8.78 Å². The normalized spacial score (nSPS) is 18.8. The molecule has 0 amide bonds. The Morgan fingerprint density at radius 3 is 2.71 bits per heavy atom. The Morgan fingerprint density at radius 1 is 1.14 bits per heavy atom. The molecule has 21 heavy (non-hydrogen) atoms. The van der Waals surface area contributed by atoms with E-state index < -0.39 is 17.7 Å². The summed E-state index contributed by atoms with van der Waals surface area (Å²) < 4.78 is 33.5. The number of hydrogen-bond acceptors (Lipinski definition) is 2. The van der Waals surface area contributed by atoms with Gasteiger partial charge in [-0.2, -0.15) is 0 Å². The number of rotatable bonds is 2. The Labute approximate surface area is 122 Å². The molecule has 0 fully saturated rings. The van der Waals surface area contributed by atoms with Gasteiger partial charge in [0.25, 0.3) is 0 Å². The minimum atomic E-state index is -0.841. The van der Waals surface area contributed by atoms with E-state index in [-0.39, 0.29) is 17.0 Å². The number of nitrogens with two attached hydrogens (primary N) is 1. The van der Waals surface area contributed by atoms with Crippen molar-refractivity contribution in [3.63, 3.8) is 0 Å². The van der Waals surface area contributed by atoms with Crippen LogP contribution in [-0.2, 0) is 0 Å². The zero-order chi connectivity index (χ0) is 15.0. The number of hydrogen-bond donors (Lipinski definition) is 1. The van der Waals surface area contributed by atoms with Crippen molar-refractivity contribution in [2.24, 2.45) is 5.73 Å². The van der Waals surface area contributed by atoms with Crippen LogP contribution in [0.25, 0.3) is 0 Å². The predicted molar refractivity (Wildman–Crippen MR) is 77.3 cm³/mol. The first-order valence-corrected chi connectivity index (χ1v) is 7.01. The Hall–Kier alpha value is -1.94. The molecule has 3 rings (SSSR count). The van der Waals surface area contributed by atoms with Crippen molar-refractivity contribution in [2.45, 2.75) is 25.3 Å². The van der Waals surface area contributed by atoms with Gasteiger partial charge in [0.1, 0.15) is 5.75 Å². The van der Waals surface area contributed by atoms with E-state index in [1.165, 1.54) is 6.92 Å². The molecule has 110 valence electrons. The van der Waals surface area contributed by atoms with Crippen molar-refractivity contribution >= 4 is 0 Å². The molecule has 2 unspecified atom stereocenters. The highest BCUT2D eigenvalue weighted by atomic mass is 19.2. The summed E-state index contributed by atoms with van der Waals surface area (Å²) in [4.78, 5) is 0. The maximum Gasteiger partial charge on any atom is 0.163 e. The lowest BCUT2D eigenvalue weighted by Crippen LogP contribution is -2.26. The first-order valence-electron chi connectivity index (χ1n) is 7.01. The Morgan fingerprint density at radius 2 is 1.90 bits per heavy atom. The zero-order valence-electron chi connectivity index (χ0n) is 11.8. The Balaban J connectivity index is 2.01. The average Bonchev–Trinajstić information content (AvgIpc) is 2.51. The SMILES string of the molecule is Cc1ccc(C(N)C2CCOc3ccccc32)c(F)c1F. The van der Waals surface area contributed by atoms with Crippen LogP contribution in [0.2, 0.25) is 0 Å². The summed E-state index contributed by atoms with van der Waals surface area (Å²) in [6, 6.07) is 10.2. The molecule has 0 saturated carbocycles. The molecule has 2 aromatic rings. The molecule has 0 aromatic heterocycles. The summed E-state index contributed by atoms with van der Waals surface area (Å²) >= 11 is 0. The largest absolute Gasteiger partial charge is 0.493 e. The quantitative estimate of drug-likeness (QED) is 0.911. The minimum Gasteiger partial charge on any atom is -0.493 e. The third-order valence-electron chi connectivity index (χ3n) is 4.10. The van der Waals surface area contributed by atoms with Crippen molar-refractivity contribution < 1.29 is 13.5 Å². The number of halogens is 2. The van der Waals surface area contributed by atoms with E-state index in [2.05, 4.69) is 0 Å². The van der Waals surface area contributed by atoms with Crippen LogP contribution in [0.5, 0.6) is 5.75 Å². The number of benzene rings is 2. The number of fused-ring (bicyclic) bond motifs is 1. The van der Waals surface area contributed by atoms with Gasteiger partial charge in [-0.05, 0) is 30.5 Å². The van der Waals surface area contributed by atoms with Gasteiger partial charge in [0.05, 0.1) is 6.61 Å². The number of ether oxygens (including phenoxy) is 1. The average molecular weight is 289 g/mol. The fourth-order valence-corrected chi connectivity index (χ4v) is 2.88. The van der Waals surface area contributed by atoms with Gasteiger partial charge >= 0.3 is 0 Å². The molecule has 0 radical (unpaired) electrons. The third kappa shape index (κ3) is 2.40. The van der Waals surface area contributed by atoms with E-state index in [0.29, 0.717) is 13.0 Å². The van der Waals surface area contributed by atoms with Crippen LogP contribution in [-0.4, -0.2) is 6.61 Å². The van der Waals surface area contributed by atoms with E-state index >= 15 is 0 Å². The zero-order valence-corrected chi connectivity index (χ0v) is 11.8. The van der Waals surface area contributed by atoms with E-state index in [1.807, 2.05) is 24.3 Å². The fraction of sp³-hybridized carbons (Fsp3) is 0.294. The standard InChI is InChI=1S/C17H17F2NO/c1-10-6-7-13(16(19)15(10)18)17(20)12-8-9-21-14-5-3-2-4-11(12)14/h2-7,12,17H,8-9,20H2,1H3. The van der Waals surface area contributed by atoms with Crippen molar-refractivity contribution in [3.8, 4) is 5.75 Å². The molecule has 2 nitrogen and oxygen atoms in total. The van der Waals surface area contributed by atoms with Gasteiger partial charge in [-0.15, -0.1) is 0 Å². The summed E-state index contributed by atoms with van der Waals surface area (Å²) in [6.07, 6.45) is 0.688. The van der Waals surface area contributed by atoms with Crippen molar-refractivity contribution in [1.82, 2.24) is 0 Å². The molecule has 4 heteroatoms. The summed E-state index contributed by atoms with van der Waals surface area (Å²) in [7, 11) is 0. The molecular weight excluding hydrogens is 272 g/mol.